The summed E-state index contributed by atoms with van der Waals surface area (Å²) in [7, 11) is 1.62. The fourth-order valence-electron chi connectivity index (χ4n) is 2.08. The topological polar surface area (TPSA) is 92.9 Å². The van der Waals surface area contributed by atoms with E-state index in [0.717, 1.165) is 17.7 Å². The average molecular weight is 343 g/mol. The fourth-order valence-corrected chi connectivity index (χ4v) is 2.08. The highest BCUT2D eigenvalue weighted by atomic mass is 16.5. The molecule has 7 heteroatoms. The standard InChI is InChI=1S/C18H21N3O4/c1-13(20-21-18(23)16-4-3-11-25-16)12-17(22)19-10-9-14-5-7-15(24-2)8-6-14/h3-8,11H,9-10,12H2,1-2H3,(H,19,22)(H,21,23). The summed E-state index contributed by atoms with van der Waals surface area (Å²) >= 11 is 0. The van der Waals surface area contributed by atoms with E-state index in [1.165, 1.54) is 12.3 Å². The number of carbonyl (C=O) groups excluding carboxylic acids is 2. The van der Waals surface area contributed by atoms with E-state index >= 15 is 0 Å². The van der Waals surface area contributed by atoms with Crippen LogP contribution in [-0.4, -0.2) is 31.2 Å². The zero-order valence-electron chi connectivity index (χ0n) is 14.2. The van der Waals surface area contributed by atoms with E-state index in [1.807, 2.05) is 24.3 Å². The van der Waals surface area contributed by atoms with Crippen LogP contribution in [0.5, 0.6) is 5.75 Å². The molecule has 0 saturated carbocycles. The summed E-state index contributed by atoms with van der Waals surface area (Å²) in [6.45, 7) is 2.20. The van der Waals surface area contributed by atoms with Crippen LogP contribution in [0.15, 0.2) is 52.2 Å². The number of carbonyl (C=O) groups is 2. The van der Waals surface area contributed by atoms with E-state index in [2.05, 4.69) is 15.8 Å². The average Bonchev–Trinajstić information content (AvgIpc) is 3.15. The monoisotopic (exact) mass is 343 g/mol. The van der Waals surface area contributed by atoms with Crippen molar-refractivity contribution >= 4 is 17.5 Å². The molecule has 25 heavy (non-hydrogen) atoms. The smallest absolute Gasteiger partial charge is 0.307 e. The Morgan fingerprint density at radius 1 is 1.20 bits per heavy atom. The van der Waals surface area contributed by atoms with Crippen molar-refractivity contribution in [3.05, 3.63) is 54.0 Å². The molecule has 0 atom stereocenters. The molecular formula is C18H21N3O4. The van der Waals surface area contributed by atoms with Crippen molar-refractivity contribution in [3.8, 4) is 5.75 Å². The van der Waals surface area contributed by atoms with E-state index in [4.69, 9.17) is 9.15 Å². The Bertz CT molecular complexity index is 721. The lowest BCUT2D eigenvalue weighted by atomic mass is 10.1. The van der Waals surface area contributed by atoms with Crippen molar-refractivity contribution in [2.24, 2.45) is 5.10 Å². The van der Waals surface area contributed by atoms with Crippen LogP contribution in [0, 0.1) is 0 Å². The maximum Gasteiger partial charge on any atom is 0.307 e. The normalized spacial score (nSPS) is 11.0. The van der Waals surface area contributed by atoms with Gasteiger partial charge in [0.2, 0.25) is 5.91 Å². The highest BCUT2D eigenvalue weighted by molar-refractivity contribution is 6.00. The number of nitrogens with one attached hydrogen (secondary N) is 2. The number of benzene rings is 1. The first kappa shape index (κ1) is 18.3. The number of hydrogen-bond acceptors (Lipinski definition) is 5. The van der Waals surface area contributed by atoms with Crippen LogP contribution >= 0.6 is 0 Å². The van der Waals surface area contributed by atoms with Crippen LogP contribution in [0.2, 0.25) is 0 Å². The molecule has 0 saturated heterocycles. The molecular weight excluding hydrogens is 322 g/mol. The van der Waals surface area contributed by atoms with E-state index in [1.54, 1.807) is 20.1 Å². The lowest BCUT2D eigenvalue weighted by Crippen LogP contribution is -2.28. The number of rotatable bonds is 8. The largest absolute Gasteiger partial charge is 0.497 e. The number of ether oxygens (including phenoxy) is 1. The summed E-state index contributed by atoms with van der Waals surface area (Å²) in [6, 6.07) is 10.8. The third-order valence-corrected chi connectivity index (χ3v) is 3.40. The predicted octanol–water partition coefficient (Wildman–Crippen LogP) is 2.14. The van der Waals surface area contributed by atoms with Crippen LogP contribution in [0.3, 0.4) is 0 Å². The first-order chi connectivity index (χ1) is 12.1. The molecule has 1 aromatic carbocycles. The molecule has 0 spiro atoms. The van der Waals surface area contributed by atoms with Gasteiger partial charge in [0, 0.05) is 12.3 Å². The molecule has 0 aliphatic heterocycles. The van der Waals surface area contributed by atoms with Crippen molar-refractivity contribution in [1.29, 1.82) is 0 Å². The van der Waals surface area contributed by atoms with Gasteiger partial charge in [0.25, 0.3) is 0 Å². The number of furan rings is 1. The molecule has 2 aromatic rings. The second kappa shape index (κ2) is 9.27. The Morgan fingerprint density at radius 3 is 2.60 bits per heavy atom. The molecule has 2 N–H and O–H groups in total. The third kappa shape index (κ3) is 6.14. The molecule has 1 aromatic heterocycles. The third-order valence-electron chi connectivity index (χ3n) is 3.40. The van der Waals surface area contributed by atoms with Crippen molar-refractivity contribution in [2.75, 3.05) is 13.7 Å². The van der Waals surface area contributed by atoms with E-state index < -0.39 is 5.91 Å². The molecule has 0 aliphatic rings. The van der Waals surface area contributed by atoms with Crippen LogP contribution in [0.25, 0.3) is 0 Å². The lowest BCUT2D eigenvalue weighted by molar-refractivity contribution is -0.119. The summed E-state index contributed by atoms with van der Waals surface area (Å²) < 4.78 is 10.1. The number of methoxy groups -OCH3 is 1. The van der Waals surface area contributed by atoms with Gasteiger partial charge in [-0.3, -0.25) is 9.59 Å². The second-order valence-corrected chi connectivity index (χ2v) is 5.39. The molecule has 7 nitrogen and oxygen atoms in total. The summed E-state index contributed by atoms with van der Waals surface area (Å²) in [4.78, 5) is 23.5. The van der Waals surface area contributed by atoms with Gasteiger partial charge in [-0.15, -0.1) is 0 Å². The Balaban J connectivity index is 1.69. The van der Waals surface area contributed by atoms with Gasteiger partial charge in [0.1, 0.15) is 5.75 Å². The summed E-state index contributed by atoms with van der Waals surface area (Å²) in [5, 5.41) is 6.71. The first-order valence-electron chi connectivity index (χ1n) is 7.85. The summed E-state index contributed by atoms with van der Waals surface area (Å²) in [5.41, 5.74) is 3.96. The van der Waals surface area contributed by atoms with Crippen molar-refractivity contribution in [2.45, 2.75) is 19.8 Å². The molecule has 2 amide bonds. The van der Waals surface area contributed by atoms with Crippen molar-refractivity contribution in [1.82, 2.24) is 10.7 Å². The summed E-state index contributed by atoms with van der Waals surface area (Å²) in [6.07, 6.45) is 2.24. The van der Waals surface area contributed by atoms with Crippen molar-refractivity contribution in [3.63, 3.8) is 0 Å². The highest BCUT2D eigenvalue weighted by Crippen LogP contribution is 2.11. The van der Waals surface area contributed by atoms with Gasteiger partial charge in [-0.05, 0) is 43.2 Å². The molecule has 0 aliphatic carbocycles. The van der Waals surface area contributed by atoms with Crippen molar-refractivity contribution < 1.29 is 18.7 Å². The van der Waals surface area contributed by atoms with Gasteiger partial charge in [-0.25, -0.2) is 5.43 Å². The highest BCUT2D eigenvalue weighted by Gasteiger charge is 2.08. The zero-order valence-corrected chi connectivity index (χ0v) is 14.2. The van der Waals surface area contributed by atoms with Crippen LogP contribution < -0.4 is 15.5 Å². The first-order valence-corrected chi connectivity index (χ1v) is 7.85. The van der Waals surface area contributed by atoms with Crippen LogP contribution in [-0.2, 0) is 11.2 Å². The quantitative estimate of drug-likeness (QED) is 0.567. The zero-order chi connectivity index (χ0) is 18.1. The molecule has 0 radical (unpaired) electrons. The van der Waals surface area contributed by atoms with E-state index in [9.17, 15) is 9.59 Å². The van der Waals surface area contributed by atoms with Crippen LogP contribution in [0.1, 0.15) is 29.5 Å². The second-order valence-electron chi connectivity index (χ2n) is 5.39. The fraction of sp³-hybridized carbons (Fsp3) is 0.278. The predicted molar refractivity (Wildman–Crippen MR) is 93.6 cm³/mol. The minimum Gasteiger partial charge on any atom is -0.497 e. The minimum atomic E-state index is -0.454. The molecule has 0 unspecified atom stereocenters. The van der Waals surface area contributed by atoms with Gasteiger partial charge in [0.15, 0.2) is 5.76 Å². The Kier molecular flexibility index (Phi) is 6.76. The van der Waals surface area contributed by atoms with Gasteiger partial charge in [-0.1, -0.05) is 12.1 Å². The molecule has 132 valence electrons. The Morgan fingerprint density at radius 2 is 1.96 bits per heavy atom. The molecule has 0 bridgehead atoms. The Labute approximate surface area is 146 Å². The van der Waals surface area contributed by atoms with E-state index in [0.29, 0.717) is 12.3 Å². The molecule has 2 rings (SSSR count). The number of hydrogen-bond donors (Lipinski definition) is 2. The van der Waals surface area contributed by atoms with Gasteiger partial charge in [-0.2, -0.15) is 5.10 Å². The SMILES string of the molecule is COc1ccc(CCNC(=O)CC(C)=NNC(=O)c2ccco2)cc1. The van der Waals surface area contributed by atoms with Gasteiger partial charge >= 0.3 is 5.91 Å². The lowest BCUT2D eigenvalue weighted by Gasteiger charge is -2.06. The number of hydrazone groups is 1. The van der Waals surface area contributed by atoms with E-state index in [-0.39, 0.29) is 18.1 Å². The summed E-state index contributed by atoms with van der Waals surface area (Å²) in [5.74, 6) is 0.364. The number of amides is 2. The minimum absolute atomic E-state index is 0.112. The van der Waals surface area contributed by atoms with Crippen LogP contribution in [0.4, 0.5) is 0 Å². The number of nitrogens with zero attached hydrogens (tertiary/aromatic N) is 1. The van der Waals surface area contributed by atoms with Gasteiger partial charge in [0.05, 0.1) is 19.8 Å². The molecule has 0 fully saturated rings. The molecule has 1 heterocycles. The van der Waals surface area contributed by atoms with Gasteiger partial charge < -0.3 is 14.5 Å². The maximum atomic E-state index is 11.9. The Hall–Kier alpha value is -3.09. The maximum absolute atomic E-state index is 11.9.